The van der Waals surface area contributed by atoms with Gasteiger partial charge in [0.15, 0.2) is 0 Å². The summed E-state index contributed by atoms with van der Waals surface area (Å²) in [5.41, 5.74) is 0. The minimum absolute atomic E-state index is 0.0634. The average Bonchev–Trinajstić information content (AvgIpc) is 2.32. The predicted molar refractivity (Wildman–Crippen MR) is 46.6 cm³/mol. The predicted octanol–water partition coefficient (Wildman–Crippen LogP) is 1.24. The van der Waals surface area contributed by atoms with Crippen LogP contribution in [-0.2, 0) is 0 Å². The van der Waals surface area contributed by atoms with Crippen LogP contribution in [0.25, 0.3) is 0 Å². The smallest absolute Gasteiger partial charge is 0.0682 e. The molecule has 1 aliphatic rings. The summed E-state index contributed by atoms with van der Waals surface area (Å²) in [5, 5.41) is 9.39. The zero-order valence-electron chi connectivity index (χ0n) is 7.58. The molecule has 0 aromatic heterocycles. The number of β-amino-alcohol motifs (C(OH)–C–C–N with tert-alkyl or cyclic N) is 1. The minimum Gasteiger partial charge on any atom is -0.392 e. The van der Waals surface area contributed by atoms with E-state index in [0.29, 0.717) is 6.04 Å². The Morgan fingerprint density at radius 1 is 1.45 bits per heavy atom. The summed E-state index contributed by atoms with van der Waals surface area (Å²) >= 11 is 0. The molecular weight excluding hydrogens is 138 g/mol. The molecule has 1 N–H and O–H groups in total. The molecule has 11 heavy (non-hydrogen) atoms. The van der Waals surface area contributed by atoms with Crippen LogP contribution >= 0.6 is 0 Å². The van der Waals surface area contributed by atoms with Crippen molar-refractivity contribution in [3.05, 3.63) is 0 Å². The summed E-state index contributed by atoms with van der Waals surface area (Å²) in [6.07, 6.45) is 3.40. The lowest BCUT2D eigenvalue weighted by atomic mass is 10.1. The average molecular weight is 157 g/mol. The van der Waals surface area contributed by atoms with Crippen LogP contribution in [0, 0.1) is 0 Å². The van der Waals surface area contributed by atoms with Crippen molar-refractivity contribution in [2.24, 2.45) is 0 Å². The fourth-order valence-corrected chi connectivity index (χ4v) is 1.98. The van der Waals surface area contributed by atoms with Gasteiger partial charge < -0.3 is 5.11 Å². The molecule has 0 aromatic carbocycles. The second kappa shape index (κ2) is 4.07. The highest BCUT2D eigenvalue weighted by molar-refractivity contribution is 4.83. The van der Waals surface area contributed by atoms with Gasteiger partial charge in [0.2, 0.25) is 0 Å². The van der Waals surface area contributed by atoms with Crippen LogP contribution in [-0.4, -0.2) is 35.2 Å². The van der Waals surface area contributed by atoms with E-state index in [-0.39, 0.29) is 6.10 Å². The van der Waals surface area contributed by atoms with Crippen molar-refractivity contribution in [2.75, 3.05) is 13.1 Å². The third-order valence-electron chi connectivity index (χ3n) is 2.53. The molecule has 1 fully saturated rings. The van der Waals surface area contributed by atoms with Gasteiger partial charge in [-0.2, -0.15) is 0 Å². The maximum absolute atomic E-state index is 9.39. The summed E-state index contributed by atoms with van der Waals surface area (Å²) in [4.78, 5) is 2.38. The van der Waals surface area contributed by atoms with Crippen LogP contribution in [0.2, 0.25) is 0 Å². The molecule has 2 atom stereocenters. The fraction of sp³-hybridized carbons (Fsp3) is 1.00. The maximum Gasteiger partial charge on any atom is 0.0682 e. The SMILES string of the molecule is CCCC1CC(O)CN1CC. The van der Waals surface area contributed by atoms with Gasteiger partial charge in [-0.1, -0.05) is 20.3 Å². The van der Waals surface area contributed by atoms with Gasteiger partial charge in [-0.3, -0.25) is 4.90 Å². The van der Waals surface area contributed by atoms with E-state index in [4.69, 9.17) is 0 Å². The standard InChI is InChI=1S/C9H19NO/c1-3-5-8-6-9(11)7-10(8)4-2/h8-9,11H,3-7H2,1-2H3. The van der Waals surface area contributed by atoms with Crippen molar-refractivity contribution in [1.82, 2.24) is 4.90 Å². The van der Waals surface area contributed by atoms with E-state index in [2.05, 4.69) is 18.7 Å². The highest BCUT2D eigenvalue weighted by Crippen LogP contribution is 2.20. The summed E-state index contributed by atoms with van der Waals surface area (Å²) in [6, 6.07) is 0.653. The van der Waals surface area contributed by atoms with Crippen molar-refractivity contribution >= 4 is 0 Å². The Kier molecular flexibility index (Phi) is 3.34. The molecule has 1 saturated heterocycles. The first kappa shape index (κ1) is 9.01. The first-order valence-electron chi connectivity index (χ1n) is 4.70. The molecule has 0 aliphatic carbocycles. The number of hydrogen-bond donors (Lipinski definition) is 1. The van der Waals surface area contributed by atoms with Gasteiger partial charge in [-0.25, -0.2) is 0 Å². The van der Waals surface area contributed by atoms with Gasteiger partial charge in [0.1, 0.15) is 0 Å². The van der Waals surface area contributed by atoms with E-state index in [9.17, 15) is 5.11 Å². The summed E-state index contributed by atoms with van der Waals surface area (Å²) < 4.78 is 0. The number of rotatable bonds is 3. The van der Waals surface area contributed by atoms with Crippen LogP contribution in [0.3, 0.4) is 0 Å². The number of aliphatic hydroxyl groups excluding tert-OH is 1. The number of hydrogen-bond acceptors (Lipinski definition) is 2. The number of nitrogens with zero attached hydrogens (tertiary/aromatic N) is 1. The Morgan fingerprint density at radius 2 is 2.18 bits per heavy atom. The Bertz CT molecular complexity index is 116. The Labute approximate surface area is 69.2 Å². The molecule has 0 saturated carbocycles. The monoisotopic (exact) mass is 157 g/mol. The third-order valence-corrected chi connectivity index (χ3v) is 2.53. The Balaban J connectivity index is 2.37. The molecule has 2 nitrogen and oxygen atoms in total. The molecule has 66 valence electrons. The quantitative estimate of drug-likeness (QED) is 0.666. The zero-order chi connectivity index (χ0) is 8.27. The number of likely N-dealkylation sites (tertiary alicyclic amines) is 1. The highest BCUT2D eigenvalue weighted by atomic mass is 16.3. The molecule has 2 heteroatoms. The van der Waals surface area contributed by atoms with Gasteiger partial charge >= 0.3 is 0 Å². The van der Waals surface area contributed by atoms with Crippen LogP contribution in [0.5, 0.6) is 0 Å². The van der Waals surface area contributed by atoms with Crippen molar-refractivity contribution in [1.29, 1.82) is 0 Å². The van der Waals surface area contributed by atoms with Gasteiger partial charge in [0.05, 0.1) is 6.10 Å². The molecule has 1 aliphatic heterocycles. The second-order valence-electron chi connectivity index (χ2n) is 3.42. The molecule has 0 aromatic rings. The molecule has 1 heterocycles. The third kappa shape index (κ3) is 2.17. The molecule has 0 bridgehead atoms. The van der Waals surface area contributed by atoms with Gasteiger partial charge in [0.25, 0.3) is 0 Å². The van der Waals surface area contributed by atoms with E-state index in [0.717, 1.165) is 19.5 Å². The summed E-state index contributed by atoms with van der Waals surface area (Å²) in [7, 11) is 0. The minimum atomic E-state index is -0.0634. The van der Waals surface area contributed by atoms with Crippen LogP contribution in [0.1, 0.15) is 33.1 Å². The molecule has 0 amide bonds. The summed E-state index contributed by atoms with van der Waals surface area (Å²) in [6.45, 7) is 6.35. The second-order valence-corrected chi connectivity index (χ2v) is 3.42. The van der Waals surface area contributed by atoms with Gasteiger partial charge in [-0.15, -0.1) is 0 Å². The first-order valence-corrected chi connectivity index (χ1v) is 4.70. The number of aliphatic hydroxyl groups is 1. The lowest BCUT2D eigenvalue weighted by Gasteiger charge is -2.21. The van der Waals surface area contributed by atoms with E-state index in [1.165, 1.54) is 12.8 Å². The molecule has 2 unspecified atom stereocenters. The van der Waals surface area contributed by atoms with Crippen molar-refractivity contribution in [3.63, 3.8) is 0 Å². The van der Waals surface area contributed by atoms with E-state index in [1.54, 1.807) is 0 Å². The van der Waals surface area contributed by atoms with Crippen LogP contribution in [0.4, 0.5) is 0 Å². The lowest BCUT2D eigenvalue weighted by Crippen LogP contribution is -2.29. The van der Waals surface area contributed by atoms with E-state index >= 15 is 0 Å². The molecule has 0 spiro atoms. The first-order chi connectivity index (χ1) is 5.27. The molecular formula is C9H19NO. The topological polar surface area (TPSA) is 23.5 Å². The zero-order valence-corrected chi connectivity index (χ0v) is 7.58. The van der Waals surface area contributed by atoms with Crippen molar-refractivity contribution in [3.8, 4) is 0 Å². The van der Waals surface area contributed by atoms with Gasteiger partial charge in [0, 0.05) is 12.6 Å². The van der Waals surface area contributed by atoms with Crippen molar-refractivity contribution in [2.45, 2.75) is 45.3 Å². The Morgan fingerprint density at radius 3 is 2.73 bits per heavy atom. The van der Waals surface area contributed by atoms with E-state index < -0.39 is 0 Å². The fourth-order valence-electron chi connectivity index (χ4n) is 1.98. The van der Waals surface area contributed by atoms with Gasteiger partial charge in [-0.05, 0) is 19.4 Å². The summed E-state index contributed by atoms with van der Waals surface area (Å²) in [5.74, 6) is 0. The lowest BCUT2D eigenvalue weighted by molar-refractivity contribution is 0.177. The molecule has 1 rings (SSSR count). The largest absolute Gasteiger partial charge is 0.392 e. The van der Waals surface area contributed by atoms with E-state index in [1.807, 2.05) is 0 Å². The number of likely N-dealkylation sites (N-methyl/N-ethyl adjacent to an activating group) is 1. The van der Waals surface area contributed by atoms with Crippen LogP contribution in [0.15, 0.2) is 0 Å². The maximum atomic E-state index is 9.39. The highest BCUT2D eigenvalue weighted by Gasteiger charge is 2.28. The van der Waals surface area contributed by atoms with Crippen LogP contribution < -0.4 is 0 Å². The molecule has 0 radical (unpaired) electrons. The Hall–Kier alpha value is -0.0800. The van der Waals surface area contributed by atoms with Crippen molar-refractivity contribution < 1.29 is 5.11 Å². The normalized spacial score (nSPS) is 33.0.